The molecule has 5 nitrogen and oxygen atoms in total. The SMILES string of the molecule is CCOC(=O)N1CC[C@@H](N)[C@@H](O)C1. The molecular weight excluding hydrogens is 172 g/mol. The van der Waals surface area contributed by atoms with Crippen LogP contribution in [0, 0.1) is 0 Å². The highest BCUT2D eigenvalue weighted by atomic mass is 16.6. The van der Waals surface area contributed by atoms with Crippen LogP contribution in [0.15, 0.2) is 0 Å². The van der Waals surface area contributed by atoms with E-state index in [1.807, 2.05) is 0 Å². The molecule has 2 atom stereocenters. The molecule has 0 unspecified atom stereocenters. The molecule has 0 saturated carbocycles. The molecule has 1 saturated heterocycles. The Bertz CT molecular complexity index is 186. The van der Waals surface area contributed by atoms with E-state index in [1.54, 1.807) is 6.92 Å². The molecule has 1 aliphatic rings. The zero-order valence-electron chi connectivity index (χ0n) is 7.77. The molecule has 3 N–H and O–H groups in total. The van der Waals surface area contributed by atoms with E-state index in [0.29, 0.717) is 19.6 Å². The third-order valence-electron chi connectivity index (χ3n) is 2.16. The summed E-state index contributed by atoms with van der Waals surface area (Å²) in [6.07, 6.45) is -0.369. The van der Waals surface area contributed by atoms with Gasteiger partial charge in [-0.2, -0.15) is 0 Å². The van der Waals surface area contributed by atoms with Gasteiger partial charge in [-0.1, -0.05) is 0 Å². The molecule has 1 rings (SSSR count). The number of ether oxygens (including phenoxy) is 1. The van der Waals surface area contributed by atoms with E-state index < -0.39 is 6.10 Å². The highest BCUT2D eigenvalue weighted by molar-refractivity contribution is 5.67. The monoisotopic (exact) mass is 188 g/mol. The second-order valence-electron chi connectivity index (χ2n) is 3.16. The fourth-order valence-electron chi connectivity index (χ4n) is 1.33. The Morgan fingerprint density at radius 2 is 2.46 bits per heavy atom. The summed E-state index contributed by atoms with van der Waals surface area (Å²) >= 11 is 0. The number of carbonyl (C=O) groups excluding carboxylic acids is 1. The zero-order valence-corrected chi connectivity index (χ0v) is 7.77. The second-order valence-corrected chi connectivity index (χ2v) is 3.16. The van der Waals surface area contributed by atoms with Gasteiger partial charge in [0.05, 0.1) is 19.3 Å². The Kier molecular flexibility index (Phi) is 3.50. The lowest BCUT2D eigenvalue weighted by atomic mass is 10.0. The highest BCUT2D eigenvalue weighted by Crippen LogP contribution is 2.10. The van der Waals surface area contributed by atoms with Crippen molar-refractivity contribution in [1.29, 1.82) is 0 Å². The van der Waals surface area contributed by atoms with Crippen LogP contribution in [0.2, 0.25) is 0 Å². The molecule has 0 aromatic carbocycles. The number of carbonyl (C=O) groups is 1. The van der Waals surface area contributed by atoms with Crippen molar-refractivity contribution in [2.45, 2.75) is 25.5 Å². The third-order valence-corrected chi connectivity index (χ3v) is 2.16. The van der Waals surface area contributed by atoms with E-state index in [0.717, 1.165) is 0 Å². The van der Waals surface area contributed by atoms with Crippen molar-refractivity contribution in [1.82, 2.24) is 4.90 Å². The van der Waals surface area contributed by atoms with Gasteiger partial charge in [-0.15, -0.1) is 0 Å². The molecule has 0 aromatic heterocycles. The Morgan fingerprint density at radius 3 is 3.00 bits per heavy atom. The Hall–Kier alpha value is -0.810. The van der Waals surface area contributed by atoms with Crippen LogP contribution in [-0.4, -0.2) is 47.9 Å². The molecule has 5 heteroatoms. The van der Waals surface area contributed by atoms with Crippen molar-refractivity contribution >= 4 is 6.09 Å². The Morgan fingerprint density at radius 1 is 1.77 bits per heavy atom. The fourth-order valence-corrected chi connectivity index (χ4v) is 1.33. The first-order valence-corrected chi connectivity index (χ1v) is 4.50. The fraction of sp³-hybridized carbons (Fsp3) is 0.875. The van der Waals surface area contributed by atoms with E-state index in [2.05, 4.69) is 0 Å². The summed E-state index contributed by atoms with van der Waals surface area (Å²) in [6.45, 7) is 2.96. The zero-order chi connectivity index (χ0) is 9.84. The summed E-state index contributed by atoms with van der Waals surface area (Å²) in [4.78, 5) is 12.7. The number of aliphatic hydroxyl groups excluding tert-OH is 1. The molecule has 76 valence electrons. The minimum Gasteiger partial charge on any atom is -0.450 e. The van der Waals surface area contributed by atoms with Crippen LogP contribution in [0.3, 0.4) is 0 Å². The molecule has 0 spiro atoms. The summed E-state index contributed by atoms with van der Waals surface area (Å²) in [6, 6.07) is -0.217. The van der Waals surface area contributed by atoms with Crippen LogP contribution in [0.4, 0.5) is 4.79 Å². The van der Waals surface area contributed by atoms with Crippen molar-refractivity contribution < 1.29 is 14.6 Å². The van der Waals surface area contributed by atoms with Crippen molar-refractivity contribution in [3.63, 3.8) is 0 Å². The smallest absolute Gasteiger partial charge is 0.409 e. The number of amides is 1. The van der Waals surface area contributed by atoms with Crippen LogP contribution < -0.4 is 5.73 Å². The van der Waals surface area contributed by atoms with Gasteiger partial charge in [0.2, 0.25) is 0 Å². The largest absolute Gasteiger partial charge is 0.450 e. The Labute approximate surface area is 77.5 Å². The maximum absolute atomic E-state index is 11.2. The average molecular weight is 188 g/mol. The highest BCUT2D eigenvalue weighted by Gasteiger charge is 2.28. The molecule has 1 fully saturated rings. The number of hydrogen-bond acceptors (Lipinski definition) is 4. The first-order valence-electron chi connectivity index (χ1n) is 4.50. The van der Waals surface area contributed by atoms with Crippen LogP contribution in [-0.2, 0) is 4.74 Å². The standard InChI is InChI=1S/C8H16N2O3/c1-2-13-8(12)10-4-3-6(9)7(11)5-10/h6-7,11H,2-5,9H2,1H3/t6-,7+/m1/s1. The van der Waals surface area contributed by atoms with Crippen molar-refractivity contribution in [2.75, 3.05) is 19.7 Å². The normalized spacial score (nSPS) is 28.7. The minimum absolute atomic E-state index is 0.217. The number of nitrogens with zero attached hydrogens (tertiary/aromatic N) is 1. The van der Waals surface area contributed by atoms with Crippen molar-refractivity contribution in [3.05, 3.63) is 0 Å². The van der Waals surface area contributed by atoms with Crippen LogP contribution in [0.1, 0.15) is 13.3 Å². The topological polar surface area (TPSA) is 75.8 Å². The molecular formula is C8H16N2O3. The lowest BCUT2D eigenvalue weighted by Gasteiger charge is -2.33. The van der Waals surface area contributed by atoms with Gasteiger partial charge in [-0.3, -0.25) is 0 Å². The number of aliphatic hydroxyl groups is 1. The van der Waals surface area contributed by atoms with Crippen LogP contribution in [0.25, 0.3) is 0 Å². The Balaban J connectivity index is 2.40. The lowest BCUT2D eigenvalue weighted by molar-refractivity contribution is 0.0402. The summed E-state index contributed by atoms with van der Waals surface area (Å²) in [5, 5.41) is 9.39. The average Bonchev–Trinajstić information content (AvgIpc) is 2.10. The number of β-amino-alcohol motifs (C(OH)–C–C–N with tert-alkyl or cyclic N) is 1. The van der Waals surface area contributed by atoms with E-state index in [-0.39, 0.29) is 18.7 Å². The number of likely N-dealkylation sites (tertiary alicyclic amines) is 1. The minimum atomic E-state index is -0.627. The number of nitrogens with two attached hydrogens (primary N) is 1. The third kappa shape index (κ3) is 2.57. The van der Waals surface area contributed by atoms with E-state index in [1.165, 1.54) is 4.90 Å². The van der Waals surface area contributed by atoms with Gasteiger partial charge in [0.15, 0.2) is 0 Å². The van der Waals surface area contributed by atoms with Gasteiger partial charge in [0.25, 0.3) is 0 Å². The molecule has 1 heterocycles. The van der Waals surface area contributed by atoms with Crippen molar-refractivity contribution in [2.24, 2.45) is 5.73 Å². The number of piperidine rings is 1. The molecule has 0 aliphatic carbocycles. The lowest BCUT2D eigenvalue weighted by Crippen LogP contribution is -2.52. The van der Waals surface area contributed by atoms with Crippen LogP contribution >= 0.6 is 0 Å². The summed E-state index contributed by atoms with van der Waals surface area (Å²) in [5.74, 6) is 0. The van der Waals surface area contributed by atoms with Crippen LogP contribution in [0.5, 0.6) is 0 Å². The number of hydrogen-bond donors (Lipinski definition) is 2. The quantitative estimate of drug-likeness (QED) is 0.583. The summed E-state index contributed by atoms with van der Waals surface area (Å²) in [5.41, 5.74) is 5.59. The van der Waals surface area contributed by atoms with Gasteiger partial charge in [0.1, 0.15) is 0 Å². The first kappa shape index (κ1) is 10.3. The molecule has 1 aliphatic heterocycles. The number of rotatable bonds is 1. The summed E-state index contributed by atoms with van der Waals surface area (Å²) < 4.78 is 4.80. The van der Waals surface area contributed by atoms with E-state index in [9.17, 15) is 9.90 Å². The van der Waals surface area contributed by atoms with E-state index in [4.69, 9.17) is 10.5 Å². The summed E-state index contributed by atoms with van der Waals surface area (Å²) in [7, 11) is 0. The molecule has 13 heavy (non-hydrogen) atoms. The maximum Gasteiger partial charge on any atom is 0.409 e. The van der Waals surface area contributed by atoms with Gasteiger partial charge < -0.3 is 20.5 Å². The predicted molar refractivity (Wildman–Crippen MR) is 47.2 cm³/mol. The molecule has 0 aromatic rings. The predicted octanol–water partition coefficient (Wildman–Crippen LogP) is -0.463. The van der Waals surface area contributed by atoms with Gasteiger partial charge in [-0.25, -0.2) is 4.79 Å². The maximum atomic E-state index is 11.2. The van der Waals surface area contributed by atoms with Gasteiger partial charge in [-0.05, 0) is 13.3 Å². The molecule has 0 bridgehead atoms. The van der Waals surface area contributed by atoms with Crippen molar-refractivity contribution in [3.8, 4) is 0 Å². The first-order chi connectivity index (χ1) is 6.15. The van der Waals surface area contributed by atoms with E-state index >= 15 is 0 Å². The molecule has 0 radical (unpaired) electrons. The molecule has 1 amide bonds. The van der Waals surface area contributed by atoms with Gasteiger partial charge >= 0.3 is 6.09 Å². The second kappa shape index (κ2) is 4.43. The van der Waals surface area contributed by atoms with Gasteiger partial charge in [0, 0.05) is 12.6 Å².